The van der Waals surface area contributed by atoms with E-state index in [-0.39, 0.29) is 18.0 Å². The molecule has 0 saturated carbocycles. The molecule has 1 heterocycles. The summed E-state index contributed by atoms with van der Waals surface area (Å²) >= 11 is 5.91. The lowest BCUT2D eigenvalue weighted by Gasteiger charge is -2.09. The van der Waals surface area contributed by atoms with Crippen molar-refractivity contribution in [2.24, 2.45) is 0 Å². The van der Waals surface area contributed by atoms with Crippen LogP contribution >= 0.6 is 11.6 Å². The molecule has 23 heavy (non-hydrogen) atoms. The van der Waals surface area contributed by atoms with Gasteiger partial charge in [-0.25, -0.2) is 14.6 Å². The van der Waals surface area contributed by atoms with E-state index in [2.05, 4.69) is 14.5 Å². The molecule has 120 valence electrons. The molecule has 0 amide bonds. The van der Waals surface area contributed by atoms with E-state index in [1.165, 1.54) is 26.4 Å². The third-order valence-corrected chi connectivity index (χ3v) is 3.12. The van der Waals surface area contributed by atoms with Crippen molar-refractivity contribution in [3.63, 3.8) is 0 Å². The summed E-state index contributed by atoms with van der Waals surface area (Å²) in [5.41, 5.74) is 0.751. The standard InChI is InChI=1S/C16H14ClNO5/c1-21-15(19)13-7-12(8-14(18-13)16(20)22-2)23-9-10-4-3-5-11(17)6-10/h3-8H,9H2,1-2H3. The van der Waals surface area contributed by atoms with Crippen LogP contribution in [0, 0.1) is 0 Å². The van der Waals surface area contributed by atoms with Gasteiger partial charge in [-0.1, -0.05) is 23.7 Å². The van der Waals surface area contributed by atoms with Crippen LogP contribution in [0.25, 0.3) is 0 Å². The largest absolute Gasteiger partial charge is 0.489 e. The van der Waals surface area contributed by atoms with Crippen LogP contribution < -0.4 is 4.74 Å². The molecular formula is C16H14ClNO5. The van der Waals surface area contributed by atoms with E-state index >= 15 is 0 Å². The minimum Gasteiger partial charge on any atom is -0.489 e. The summed E-state index contributed by atoms with van der Waals surface area (Å²) in [6.45, 7) is 0.214. The van der Waals surface area contributed by atoms with Gasteiger partial charge >= 0.3 is 11.9 Å². The molecule has 0 spiro atoms. The Morgan fingerprint density at radius 2 is 1.65 bits per heavy atom. The predicted octanol–water partition coefficient (Wildman–Crippen LogP) is 2.89. The van der Waals surface area contributed by atoms with E-state index < -0.39 is 11.9 Å². The maximum Gasteiger partial charge on any atom is 0.356 e. The van der Waals surface area contributed by atoms with Crippen molar-refractivity contribution < 1.29 is 23.8 Å². The highest BCUT2D eigenvalue weighted by Gasteiger charge is 2.16. The summed E-state index contributed by atoms with van der Waals surface area (Å²) in [6, 6.07) is 9.93. The molecule has 0 atom stereocenters. The van der Waals surface area contributed by atoms with E-state index in [9.17, 15) is 9.59 Å². The van der Waals surface area contributed by atoms with Crippen molar-refractivity contribution in [2.75, 3.05) is 14.2 Å². The highest BCUT2D eigenvalue weighted by atomic mass is 35.5. The molecule has 1 aromatic carbocycles. The summed E-state index contributed by atoms with van der Waals surface area (Å²) in [7, 11) is 2.45. The first-order chi connectivity index (χ1) is 11.0. The number of hydrogen-bond acceptors (Lipinski definition) is 6. The predicted molar refractivity (Wildman–Crippen MR) is 82.7 cm³/mol. The molecular weight excluding hydrogens is 322 g/mol. The normalized spacial score (nSPS) is 10.0. The van der Waals surface area contributed by atoms with Crippen molar-refractivity contribution >= 4 is 23.5 Å². The van der Waals surface area contributed by atoms with Gasteiger partial charge in [-0.15, -0.1) is 0 Å². The molecule has 7 heteroatoms. The van der Waals surface area contributed by atoms with E-state index in [0.717, 1.165) is 5.56 Å². The van der Waals surface area contributed by atoms with Gasteiger partial charge in [-0.05, 0) is 17.7 Å². The quantitative estimate of drug-likeness (QED) is 0.782. The van der Waals surface area contributed by atoms with Crippen molar-refractivity contribution in [3.05, 3.63) is 58.4 Å². The van der Waals surface area contributed by atoms with Gasteiger partial charge in [0.2, 0.25) is 0 Å². The van der Waals surface area contributed by atoms with Gasteiger partial charge in [0, 0.05) is 17.2 Å². The fraction of sp³-hybridized carbons (Fsp3) is 0.188. The van der Waals surface area contributed by atoms with Gasteiger partial charge in [0.15, 0.2) is 11.4 Å². The number of carbonyl (C=O) groups excluding carboxylic acids is 2. The molecule has 2 rings (SSSR count). The van der Waals surface area contributed by atoms with E-state index in [0.29, 0.717) is 10.8 Å². The lowest BCUT2D eigenvalue weighted by Crippen LogP contribution is -2.11. The van der Waals surface area contributed by atoms with Crippen molar-refractivity contribution in [2.45, 2.75) is 6.61 Å². The summed E-state index contributed by atoms with van der Waals surface area (Å²) in [6.07, 6.45) is 0. The van der Waals surface area contributed by atoms with Crippen LogP contribution in [0.1, 0.15) is 26.5 Å². The maximum absolute atomic E-state index is 11.6. The second kappa shape index (κ2) is 7.60. The van der Waals surface area contributed by atoms with Crippen LogP contribution in [-0.2, 0) is 16.1 Å². The first-order valence-corrected chi connectivity index (χ1v) is 6.97. The van der Waals surface area contributed by atoms with Crippen molar-refractivity contribution in [3.8, 4) is 5.75 Å². The van der Waals surface area contributed by atoms with Crippen molar-refractivity contribution in [1.82, 2.24) is 4.98 Å². The van der Waals surface area contributed by atoms with Gasteiger partial charge in [0.25, 0.3) is 0 Å². The summed E-state index contributed by atoms with van der Waals surface area (Å²) in [5, 5.41) is 0.589. The Labute approximate surface area is 137 Å². The maximum atomic E-state index is 11.6. The van der Waals surface area contributed by atoms with Gasteiger partial charge < -0.3 is 14.2 Å². The minimum absolute atomic E-state index is 0.0449. The number of ether oxygens (including phenoxy) is 3. The van der Waals surface area contributed by atoms with Crippen LogP contribution in [-0.4, -0.2) is 31.1 Å². The summed E-state index contributed by atoms with van der Waals surface area (Å²) in [5.74, 6) is -1.06. The SMILES string of the molecule is COC(=O)c1cc(OCc2cccc(Cl)c2)cc(C(=O)OC)n1. The summed E-state index contributed by atoms with van der Waals surface area (Å²) in [4.78, 5) is 27.2. The minimum atomic E-state index is -0.677. The van der Waals surface area contributed by atoms with E-state index in [4.69, 9.17) is 16.3 Å². The molecule has 2 aromatic rings. The number of pyridine rings is 1. The first kappa shape index (κ1) is 16.8. The number of nitrogens with zero attached hydrogens (tertiary/aromatic N) is 1. The molecule has 0 aliphatic rings. The third kappa shape index (κ3) is 4.43. The first-order valence-electron chi connectivity index (χ1n) is 6.59. The average Bonchev–Trinajstić information content (AvgIpc) is 2.58. The number of hydrogen-bond donors (Lipinski definition) is 0. The molecule has 0 saturated heterocycles. The number of benzene rings is 1. The van der Waals surface area contributed by atoms with E-state index in [1.807, 2.05) is 6.07 Å². The Kier molecular flexibility index (Phi) is 5.54. The van der Waals surface area contributed by atoms with Crippen molar-refractivity contribution in [1.29, 1.82) is 0 Å². The van der Waals surface area contributed by atoms with Gasteiger partial charge in [-0.3, -0.25) is 0 Å². The average molecular weight is 336 g/mol. The highest BCUT2D eigenvalue weighted by Crippen LogP contribution is 2.18. The molecule has 0 aliphatic heterocycles. The zero-order chi connectivity index (χ0) is 16.8. The molecule has 0 aliphatic carbocycles. The lowest BCUT2D eigenvalue weighted by molar-refractivity contribution is 0.0584. The molecule has 6 nitrogen and oxygen atoms in total. The molecule has 0 radical (unpaired) electrons. The Morgan fingerprint density at radius 3 is 2.17 bits per heavy atom. The number of carbonyl (C=O) groups is 2. The number of esters is 2. The fourth-order valence-electron chi connectivity index (χ4n) is 1.80. The van der Waals surface area contributed by atoms with Crippen LogP contribution in [0.15, 0.2) is 36.4 Å². The molecule has 0 bridgehead atoms. The Morgan fingerprint density at radius 1 is 1.04 bits per heavy atom. The van der Waals surface area contributed by atoms with Crippen LogP contribution in [0.2, 0.25) is 5.02 Å². The second-order valence-electron chi connectivity index (χ2n) is 4.48. The Hall–Kier alpha value is -2.60. The number of halogens is 1. The fourth-order valence-corrected chi connectivity index (χ4v) is 2.01. The zero-order valence-corrected chi connectivity index (χ0v) is 13.3. The Bertz CT molecular complexity index is 698. The third-order valence-electron chi connectivity index (χ3n) is 2.88. The van der Waals surface area contributed by atoms with Gasteiger partial charge in [-0.2, -0.15) is 0 Å². The van der Waals surface area contributed by atoms with Gasteiger partial charge in [0.05, 0.1) is 14.2 Å². The van der Waals surface area contributed by atoms with Crippen LogP contribution in [0.3, 0.4) is 0 Å². The zero-order valence-electron chi connectivity index (χ0n) is 12.5. The lowest BCUT2D eigenvalue weighted by atomic mass is 10.2. The number of methoxy groups -OCH3 is 2. The Balaban J connectivity index is 2.26. The van der Waals surface area contributed by atoms with E-state index in [1.54, 1.807) is 18.2 Å². The molecule has 0 fully saturated rings. The van der Waals surface area contributed by atoms with Crippen LogP contribution in [0.5, 0.6) is 5.75 Å². The highest BCUT2D eigenvalue weighted by molar-refractivity contribution is 6.30. The molecule has 0 unspecified atom stereocenters. The van der Waals surface area contributed by atoms with Crippen LogP contribution in [0.4, 0.5) is 0 Å². The molecule has 1 aromatic heterocycles. The monoisotopic (exact) mass is 335 g/mol. The second-order valence-corrected chi connectivity index (χ2v) is 4.91. The topological polar surface area (TPSA) is 74.7 Å². The molecule has 0 N–H and O–H groups in total. The van der Waals surface area contributed by atoms with Gasteiger partial charge in [0.1, 0.15) is 12.4 Å². The number of rotatable bonds is 5. The summed E-state index contributed by atoms with van der Waals surface area (Å²) < 4.78 is 14.8. The number of aromatic nitrogens is 1. The smallest absolute Gasteiger partial charge is 0.356 e.